The van der Waals surface area contributed by atoms with E-state index in [1.807, 2.05) is 0 Å². The molecule has 0 N–H and O–H groups in total. The maximum absolute atomic E-state index is 14.0. The Labute approximate surface area is 199 Å². The van der Waals surface area contributed by atoms with Crippen LogP contribution in [0.5, 0.6) is 0 Å². The molecule has 1 saturated carbocycles. The highest BCUT2D eigenvalue weighted by atomic mass is 35.5. The summed E-state index contributed by atoms with van der Waals surface area (Å²) in [6.07, 6.45) is 7.36. The van der Waals surface area contributed by atoms with E-state index in [4.69, 9.17) is 0 Å². The summed E-state index contributed by atoms with van der Waals surface area (Å²) >= 11 is 0. The largest absolute Gasteiger partial charge is 0.339 e. The van der Waals surface area contributed by atoms with Crippen molar-refractivity contribution in [3.05, 3.63) is 47.9 Å². The second kappa shape index (κ2) is 10.2. The second-order valence-corrected chi connectivity index (χ2v) is 10.6. The van der Waals surface area contributed by atoms with Crippen LogP contribution in [0.15, 0.2) is 35.7 Å². The van der Waals surface area contributed by atoms with E-state index >= 15 is 0 Å². The molecule has 2 aromatic rings. The smallest absolute Gasteiger partial charge is 0.262 e. The van der Waals surface area contributed by atoms with Gasteiger partial charge < -0.3 is 4.57 Å². The molecular formula is C22H29ClF2N4O3S. The Morgan fingerprint density at radius 2 is 1.70 bits per heavy atom. The van der Waals surface area contributed by atoms with Crippen molar-refractivity contribution < 1.29 is 22.0 Å². The van der Waals surface area contributed by atoms with Crippen LogP contribution in [0.3, 0.4) is 0 Å². The number of Topliss-reactive ketones (excluding diaryl/α,β-unsaturated/α-hetero) is 1. The zero-order valence-electron chi connectivity index (χ0n) is 18.5. The molecule has 1 aromatic carbocycles. The van der Waals surface area contributed by atoms with Gasteiger partial charge in [0.15, 0.2) is 10.8 Å². The molecule has 182 valence electrons. The van der Waals surface area contributed by atoms with Crippen LogP contribution in [0.2, 0.25) is 0 Å². The number of hydrogen-bond donors (Lipinski definition) is 0. The van der Waals surface area contributed by atoms with E-state index in [1.165, 1.54) is 22.9 Å². The predicted octanol–water partition coefficient (Wildman–Crippen LogP) is 3.40. The third-order valence-electron chi connectivity index (χ3n) is 6.79. The van der Waals surface area contributed by atoms with E-state index in [9.17, 15) is 22.0 Å². The normalized spacial score (nSPS) is 19.4. The zero-order valence-corrected chi connectivity index (χ0v) is 20.2. The van der Waals surface area contributed by atoms with Gasteiger partial charge in [-0.1, -0.05) is 18.9 Å². The minimum absolute atomic E-state index is 0. The maximum Gasteiger partial charge on any atom is 0.262 e. The fourth-order valence-corrected chi connectivity index (χ4v) is 6.44. The highest BCUT2D eigenvalue weighted by molar-refractivity contribution is 7.89. The second-order valence-electron chi connectivity index (χ2n) is 8.72. The topological polar surface area (TPSA) is 75.5 Å². The van der Waals surface area contributed by atoms with Gasteiger partial charge in [-0.25, -0.2) is 22.2 Å². The van der Waals surface area contributed by atoms with Crippen LogP contribution in [0.4, 0.5) is 8.78 Å². The number of ketones is 1. The summed E-state index contributed by atoms with van der Waals surface area (Å²) < 4.78 is 56.8. The van der Waals surface area contributed by atoms with Gasteiger partial charge in [0.2, 0.25) is 0 Å². The third-order valence-corrected chi connectivity index (χ3v) is 8.57. The molecule has 0 bridgehead atoms. The van der Waals surface area contributed by atoms with Crippen LogP contribution in [0, 0.1) is 11.6 Å². The van der Waals surface area contributed by atoms with Crippen LogP contribution in [0.25, 0.3) is 0 Å². The Morgan fingerprint density at radius 1 is 1.09 bits per heavy atom. The average Bonchev–Trinajstić information content (AvgIpc) is 3.42. The summed E-state index contributed by atoms with van der Waals surface area (Å²) in [7, 11) is -1.92. The lowest BCUT2D eigenvalue weighted by atomic mass is 9.87. The third kappa shape index (κ3) is 5.13. The van der Waals surface area contributed by atoms with Crippen molar-refractivity contribution in [2.24, 2.45) is 7.05 Å². The first-order chi connectivity index (χ1) is 15.2. The Balaban J connectivity index is 0.00000306. The predicted molar refractivity (Wildman–Crippen MR) is 122 cm³/mol. The lowest BCUT2D eigenvalue weighted by molar-refractivity contribution is 0.0475. The number of imidazole rings is 1. The first-order valence-corrected chi connectivity index (χ1v) is 12.4. The molecule has 2 aliphatic rings. The molecule has 0 spiro atoms. The molecule has 0 unspecified atom stereocenters. The quantitative estimate of drug-likeness (QED) is 0.542. The van der Waals surface area contributed by atoms with Gasteiger partial charge in [0.25, 0.3) is 10.0 Å². The fraction of sp³-hybridized carbons (Fsp3) is 0.545. The van der Waals surface area contributed by atoms with E-state index in [-0.39, 0.29) is 29.4 Å². The van der Waals surface area contributed by atoms with Crippen molar-refractivity contribution in [2.45, 2.75) is 49.1 Å². The van der Waals surface area contributed by atoms with Crippen LogP contribution in [0.1, 0.15) is 48.9 Å². The number of halogens is 3. The number of carbonyl (C=O) groups excluding carboxylic acids is 1. The SMILES string of the molecule is Cl.Cn1cnc(S(=O)(=O)N2CCN(C3(CCC(=O)c4c(F)cccc4F)CCCC3)CC2)c1. The standard InChI is InChI=1S/C22H28F2N4O3S.ClH/c1-26-15-20(25-16-26)32(30,31)28-13-11-27(12-14-28)22(8-2-3-9-22)10-7-19(29)21-17(23)5-4-6-18(21)24;/h4-6,15-16H,2-3,7-14H2,1H3;1H. The van der Waals surface area contributed by atoms with Crippen LogP contribution >= 0.6 is 12.4 Å². The Morgan fingerprint density at radius 3 is 2.24 bits per heavy atom. The summed E-state index contributed by atoms with van der Waals surface area (Å²) in [5.74, 6) is -2.18. The summed E-state index contributed by atoms with van der Waals surface area (Å²) in [5.41, 5.74) is -0.704. The molecule has 11 heteroatoms. The molecule has 0 amide bonds. The highest BCUT2D eigenvalue weighted by Gasteiger charge is 2.42. The minimum Gasteiger partial charge on any atom is -0.339 e. The monoisotopic (exact) mass is 502 g/mol. The van der Waals surface area contributed by atoms with Gasteiger partial charge in [0, 0.05) is 51.4 Å². The molecule has 1 aliphatic heterocycles. The van der Waals surface area contributed by atoms with Gasteiger partial charge in [0.05, 0.1) is 11.9 Å². The molecule has 1 aliphatic carbocycles. The molecule has 4 rings (SSSR count). The van der Waals surface area contributed by atoms with E-state index in [1.54, 1.807) is 11.6 Å². The molecular weight excluding hydrogens is 474 g/mol. The highest BCUT2D eigenvalue weighted by Crippen LogP contribution is 2.40. The van der Waals surface area contributed by atoms with Crippen LogP contribution in [-0.4, -0.2) is 64.7 Å². The molecule has 0 radical (unpaired) electrons. The zero-order chi connectivity index (χ0) is 22.9. The lowest BCUT2D eigenvalue weighted by Gasteiger charge is -2.45. The number of hydrogen-bond acceptors (Lipinski definition) is 5. The Hall–Kier alpha value is -1.88. The van der Waals surface area contributed by atoms with Gasteiger partial charge in [-0.2, -0.15) is 4.31 Å². The number of nitrogens with zero attached hydrogens (tertiary/aromatic N) is 4. The average molecular weight is 503 g/mol. The van der Waals surface area contributed by atoms with Gasteiger partial charge in [-0.3, -0.25) is 9.69 Å². The van der Waals surface area contributed by atoms with Gasteiger partial charge in [-0.05, 0) is 31.4 Å². The molecule has 1 saturated heterocycles. The van der Waals surface area contributed by atoms with Crippen molar-refractivity contribution in [1.82, 2.24) is 18.8 Å². The summed E-state index contributed by atoms with van der Waals surface area (Å²) in [4.78, 5) is 18.9. The van der Waals surface area contributed by atoms with E-state index in [0.29, 0.717) is 32.6 Å². The maximum atomic E-state index is 14.0. The van der Waals surface area contributed by atoms with Gasteiger partial charge in [-0.15, -0.1) is 12.4 Å². The fourth-order valence-electron chi connectivity index (χ4n) is 5.05. The number of carbonyl (C=O) groups is 1. The molecule has 2 fully saturated rings. The first kappa shape index (κ1) is 25.7. The number of rotatable bonds is 7. The number of benzene rings is 1. The van der Waals surface area contributed by atoms with Crippen molar-refractivity contribution in [3.63, 3.8) is 0 Å². The van der Waals surface area contributed by atoms with E-state index < -0.39 is 33.0 Å². The minimum atomic E-state index is -3.64. The number of sulfonamides is 1. The van der Waals surface area contributed by atoms with E-state index in [0.717, 1.165) is 37.8 Å². The summed E-state index contributed by atoms with van der Waals surface area (Å²) in [6, 6.07) is 3.45. The van der Waals surface area contributed by atoms with Crippen molar-refractivity contribution in [2.75, 3.05) is 26.2 Å². The van der Waals surface area contributed by atoms with E-state index in [2.05, 4.69) is 9.88 Å². The molecule has 0 atom stereocenters. The Kier molecular flexibility index (Phi) is 7.93. The van der Waals surface area contributed by atoms with Crippen molar-refractivity contribution in [3.8, 4) is 0 Å². The molecule has 2 heterocycles. The number of piperazine rings is 1. The van der Waals surface area contributed by atoms with Crippen LogP contribution < -0.4 is 0 Å². The summed E-state index contributed by atoms with van der Waals surface area (Å²) in [5, 5.41) is 0.0431. The molecule has 33 heavy (non-hydrogen) atoms. The first-order valence-electron chi connectivity index (χ1n) is 10.9. The van der Waals surface area contributed by atoms with Crippen LogP contribution in [-0.2, 0) is 17.1 Å². The van der Waals surface area contributed by atoms with Gasteiger partial charge in [0.1, 0.15) is 11.6 Å². The molecule has 1 aromatic heterocycles. The number of aryl methyl sites for hydroxylation is 1. The van der Waals surface area contributed by atoms with Crippen molar-refractivity contribution in [1.29, 1.82) is 0 Å². The summed E-state index contributed by atoms with van der Waals surface area (Å²) in [6.45, 7) is 1.79. The lowest BCUT2D eigenvalue weighted by Crippen LogP contribution is -2.57. The Bertz CT molecular complexity index is 1070. The van der Waals surface area contributed by atoms with Crippen molar-refractivity contribution >= 4 is 28.2 Å². The molecule has 7 nitrogen and oxygen atoms in total. The van der Waals surface area contributed by atoms with Gasteiger partial charge >= 0.3 is 0 Å². The number of aromatic nitrogens is 2.